The highest BCUT2D eigenvalue weighted by atomic mass is 35.5. The second-order valence-electron chi connectivity index (χ2n) is 5.06. The lowest BCUT2D eigenvalue weighted by Crippen LogP contribution is -2.35. The van der Waals surface area contributed by atoms with E-state index >= 15 is 0 Å². The Morgan fingerprint density at radius 3 is 2.76 bits per heavy atom. The van der Waals surface area contributed by atoms with Gasteiger partial charge in [0.15, 0.2) is 17.5 Å². The molecule has 0 aromatic heterocycles. The predicted octanol–water partition coefficient (Wildman–Crippen LogP) is 2.66. The van der Waals surface area contributed by atoms with E-state index in [4.69, 9.17) is 26.8 Å². The summed E-state index contributed by atoms with van der Waals surface area (Å²) in [5.74, 6) is 1.74. The number of nitrogens with zero attached hydrogens (tertiary/aromatic N) is 2. The zero-order valence-electron chi connectivity index (χ0n) is 12.7. The van der Waals surface area contributed by atoms with Crippen LogP contribution in [0.2, 0.25) is 5.02 Å². The smallest absolute Gasteiger partial charge is 0.191 e. The van der Waals surface area contributed by atoms with Gasteiger partial charge in [0.2, 0.25) is 0 Å². The van der Waals surface area contributed by atoms with Gasteiger partial charge in [-0.15, -0.1) is 0 Å². The number of methoxy groups -OCH3 is 1. The third-order valence-corrected chi connectivity index (χ3v) is 3.74. The van der Waals surface area contributed by atoms with Crippen LogP contribution in [-0.4, -0.2) is 37.7 Å². The van der Waals surface area contributed by atoms with Crippen molar-refractivity contribution in [1.82, 2.24) is 4.90 Å². The topological polar surface area (TPSA) is 60.1 Å². The Morgan fingerprint density at radius 2 is 2.19 bits per heavy atom. The van der Waals surface area contributed by atoms with Gasteiger partial charge in [-0.2, -0.15) is 0 Å². The van der Waals surface area contributed by atoms with Crippen molar-refractivity contribution in [3.05, 3.63) is 22.7 Å². The minimum absolute atomic E-state index is 0.464. The van der Waals surface area contributed by atoms with Crippen molar-refractivity contribution in [2.75, 3.05) is 20.8 Å². The monoisotopic (exact) mass is 311 g/mol. The van der Waals surface area contributed by atoms with Crippen LogP contribution in [0.5, 0.6) is 11.5 Å². The summed E-state index contributed by atoms with van der Waals surface area (Å²) in [4.78, 5) is 6.43. The first-order valence-electron chi connectivity index (χ1n) is 7.08. The van der Waals surface area contributed by atoms with Crippen LogP contribution in [0, 0.1) is 0 Å². The fourth-order valence-corrected chi connectivity index (χ4v) is 2.37. The van der Waals surface area contributed by atoms with Crippen LogP contribution >= 0.6 is 11.6 Å². The molecular formula is C15H22ClN3O2. The van der Waals surface area contributed by atoms with Crippen molar-refractivity contribution in [3.8, 4) is 11.5 Å². The molecule has 5 nitrogen and oxygen atoms in total. The number of rotatable bonds is 6. The van der Waals surface area contributed by atoms with E-state index in [0.717, 1.165) is 5.56 Å². The summed E-state index contributed by atoms with van der Waals surface area (Å²) in [6.07, 6.45) is 2.38. The van der Waals surface area contributed by atoms with Crippen LogP contribution < -0.4 is 15.2 Å². The van der Waals surface area contributed by atoms with E-state index in [1.807, 2.05) is 31.0 Å². The van der Waals surface area contributed by atoms with Crippen LogP contribution in [0.25, 0.3) is 0 Å². The number of benzene rings is 1. The number of ether oxygens (including phenoxy) is 2. The van der Waals surface area contributed by atoms with Crippen molar-refractivity contribution in [3.63, 3.8) is 0 Å². The number of nitrogens with two attached hydrogens (primary N) is 1. The molecule has 0 atom stereocenters. The molecule has 6 heteroatoms. The molecule has 1 saturated carbocycles. The molecular weight excluding hydrogens is 290 g/mol. The van der Waals surface area contributed by atoms with E-state index in [9.17, 15) is 0 Å². The maximum Gasteiger partial charge on any atom is 0.191 e. The molecule has 1 fully saturated rings. The highest BCUT2D eigenvalue weighted by molar-refractivity contribution is 6.32. The second-order valence-corrected chi connectivity index (χ2v) is 5.47. The highest BCUT2D eigenvalue weighted by Crippen LogP contribution is 2.36. The maximum absolute atomic E-state index is 6.24. The molecule has 0 bridgehead atoms. The summed E-state index contributed by atoms with van der Waals surface area (Å²) in [7, 11) is 3.57. The molecule has 0 amide bonds. The third kappa shape index (κ3) is 3.94. The van der Waals surface area contributed by atoms with Crippen LogP contribution in [0.15, 0.2) is 17.1 Å². The van der Waals surface area contributed by atoms with Crippen molar-refractivity contribution in [2.24, 2.45) is 10.7 Å². The van der Waals surface area contributed by atoms with Gasteiger partial charge in [-0.3, -0.25) is 0 Å². The van der Waals surface area contributed by atoms with Gasteiger partial charge in [0, 0.05) is 13.1 Å². The van der Waals surface area contributed by atoms with Crippen molar-refractivity contribution < 1.29 is 9.47 Å². The van der Waals surface area contributed by atoms with E-state index in [1.165, 1.54) is 12.8 Å². The Morgan fingerprint density at radius 1 is 1.48 bits per heavy atom. The first-order chi connectivity index (χ1) is 10.1. The Kier molecular flexibility index (Phi) is 5.17. The quantitative estimate of drug-likeness (QED) is 0.648. The van der Waals surface area contributed by atoms with E-state index in [-0.39, 0.29) is 0 Å². The number of guanidine groups is 1. The van der Waals surface area contributed by atoms with Crippen molar-refractivity contribution >= 4 is 17.6 Å². The summed E-state index contributed by atoms with van der Waals surface area (Å²) in [5.41, 5.74) is 6.92. The van der Waals surface area contributed by atoms with Crippen LogP contribution in [0.4, 0.5) is 0 Å². The Bertz CT molecular complexity index is 530. The number of hydrogen-bond donors (Lipinski definition) is 1. The minimum Gasteiger partial charge on any atom is -0.493 e. The molecule has 21 heavy (non-hydrogen) atoms. The minimum atomic E-state index is 0.464. The van der Waals surface area contributed by atoms with Gasteiger partial charge in [0.1, 0.15) is 0 Å². The number of hydrogen-bond acceptors (Lipinski definition) is 3. The molecule has 1 aromatic rings. The second kappa shape index (κ2) is 6.89. The van der Waals surface area contributed by atoms with Gasteiger partial charge < -0.3 is 20.1 Å². The van der Waals surface area contributed by atoms with Crippen molar-refractivity contribution in [2.45, 2.75) is 32.4 Å². The zero-order chi connectivity index (χ0) is 15.4. The van der Waals surface area contributed by atoms with Crippen LogP contribution in [0.1, 0.15) is 25.3 Å². The summed E-state index contributed by atoms with van der Waals surface area (Å²) in [6.45, 7) is 2.90. The molecule has 1 aliphatic rings. The summed E-state index contributed by atoms with van der Waals surface area (Å²) in [5, 5.41) is 0.524. The molecule has 0 radical (unpaired) electrons. The summed E-state index contributed by atoms with van der Waals surface area (Å²) >= 11 is 6.24. The first kappa shape index (κ1) is 15.8. The lowest BCUT2D eigenvalue weighted by Gasteiger charge is -2.17. The van der Waals surface area contributed by atoms with Gasteiger partial charge in [0.25, 0.3) is 0 Å². The molecule has 0 spiro atoms. The third-order valence-electron chi connectivity index (χ3n) is 3.46. The van der Waals surface area contributed by atoms with Gasteiger partial charge in [-0.05, 0) is 37.5 Å². The molecule has 116 valence electrons. The molecule has 1 aromatic carbocycles. The Balaban J connectivity index is 2.12. The SMILES string of the molecule is CCOc1c(Cl)cc(CN=C(N)N(C)C2CC2)cc1OC. The molecule has 0 heterocycles. The van der Waals surface area contributed by atoms with Gasteiger partial charge in [0.05, 0.1) is 25.3 Å². The van der Waals surface area contributed by atoms with Crippen LogP contribution in [0.3, 0.4) is 0 Å². The lowest BCUT2D eigenvalue weighted by molar-refractivity contribution is 0.311. The normalized spacial score (nSPS) is 15.0. The predicted molar refractivity (Wildman–Crippen MR) is 85.3 cm³/mol. The van der Waals surface area contributed by atoms with E-state index in [1.54, 1.807) is 7.11 Å². The molecule has 0 unspecified atom stereocenters. The average molecular weight is 312 g/mol. The average Bonchev–Trinajstić information content (AvgIpc) is 3.30. The lowest BCUT2D eigenvalue weighted by atomic mass is 10.2. The van der Waals surface area contributed by atoms with E-state index in [2.05, 4.69) is 4.99 Å². The fourth-order valence-electron chi connectivity index (χ4n) is 2.08. The van der Waals surface area contributed by atoms with Crippen molar-refractivity contribution in [1.29, 1.82) is 0 Å². The van der Waals surface area contributed by atoms with Crippen LogP contribution in [-0.2, 0) is 6.54 Å². The van der Waals surface area contributed by atoms with Gasteiger partial charge in [-0.1, -0.05) is 11.6 Å². The maximum atomic E-state index is 6.24. The van der Waals surface area contributed by atoms with E-state index in [0.29, 0.717) is 41.7 Å². The fraction of sp³-hybridized carbons (Fsp3) is 0.533. The Labute approximate surface area is 130 Å². The number of aliphatic imine (C=N–C) groups is 1. The molecule has 0 aliphatic heterocycles. The van der Waals surface area contributed by atoms with E-state index < -0.39 is 0 Å². The highest BCUT2D eigenvalue weighted by Gasteiger charge is 2.27. The molecule has 2 rings (SSSR count). The van der Waals surface area contributed by atoms with Gasteiger partial charge in [-0.25, -0.2) is 4.99 Å². The molecule has 1 aliphatic carbocycles. The van der Waals surface area contributed by atoms with Gasteiger partial charge >= 0.3 is 0 Å². The Hall–Kier alpha value is -1.62. The largest absolute Gasteiger partial charge is 0.493 e. The zero-order valence-corrected chi connectivity index (χ0v) is 13.5. The molecule has 2 N–H and O–H groups in total. The first-order valence-corrected chi connectivity index (χ1v) is 7.46. The standard InChI is InChI=1S/C15H22ClN3O2/c1-4-21-14-12(16)7-10(8-13(14)20-3)9-18-15(17)19(2)11-5-6-11/h7-8,11H,4-6,9H2,1-3H3,(H2,17,18). The number of halogens is 1. The molecule has 0 saturated heterocycles. The summed E-state index contributed by atoms with van der Waals surface area (Å²) < 4.78 is 10.8. The summed E-state index contributed by atoms with van der Waals surface area (Å²) in [6, 6.07) is 4.26.